The van der Waals surface area contributed by atoms with E-state index in [0.29, 0.717) is 12.1 Å². The van der Waals surface area contributed by atoms with Gasteiger partial charge in [0.25, 0.3) is 0 Å². The number of halogens is 3. The number of rotatable bonds is 2. The first-order chi connectivity index (χ1) is 14.2. The van der Waals surface area contributed by atoms with Crippen molar-refractivity contribution in [2.75, 3.05) is 31.6 Å². The minimum absolute atomic E-state index is 0.204. The molecule has 1 saturated heterocycles. The monoisotopic (exact) mass is 424 g/mol. The summed E-state index contributed by atoms with van der Waals surface area (Å²) < 4.78 is 41.6. The highest BCUT2D eigenvalue weighted by molar-refractivity contribution is 5.52. The number of nitrogens with zero attached hydrogens (tertiary/aromatic N) is 2. The van der Waals surface area contributed by atoms with Crippen LogP contribution in [0.2, 0.25) is 0 Å². The normalized spacial score (nSPS) is 17.6. The van der Waals surface area contributed by atoms with Gasteiger partial charge in [-0.1, -0.05) is 6.42 Å². The highest BCUT2D eigenvalue weighted by Crippen LogP contribution is 2.31. The number of hydrogen-bond donors (Lipinski definition) is 2. The lowest BCUT2D eigenvalue weighted by Crippen LogP contribution is -2.32. The number of hydrogen-bond acceptors (Lipinski definition) is 5. The van der Waals surface area contributed by atoms with Gasteiger partial charge in [0.1, 0.15) is 12.3 Å². The molecular formula is C21H27F3N4O2. The average Bonchev–Trinajstić information content (AvgIpc) is 2.73. The topological polar surface area (TPSA) is 70.2 Å². The summed E-state index contributed by atoms with van der Waals surface area (Å²) in [6, 6.07) is 4.23. The SMILES string of the molecule is C[C@@H](c1cnc2c(c1)OCCN2)N1CCCCC1.Cc1cc(=O)cc(C(F)(F)F)[nH]1. The van der Waals surface area contributed by atoms with Crippen molar-refractivity contribution in [3.05, 3.63) is 51.6 Å². The van der Waals surface area contributed by atoms with E-state index in [1.807, 2.05) is 6.20 Å². The summed E-state index contributed by atoms with van der Waals surface area (Å²) in [4.78, 5) is 19.7. The van der Waals surface area contributed by atoms with E-state index in [4.69, 9.17) is 4.74 Å². The number of H-pyrrole nitrogens is 1. The Labute approximate surface area is 173 Å². The average molecular weight is 424 g/mol. The number of likely N-dealkylation sites (tertiary alicyclic amines) is 1. The molecule has 1 atom stereocenters. The Bertz CT molecular complexity index is 908. The van der Waals surface area contributed by atoms with E-state index in [1.165, 1.54) is 44.8 Å². The number of fused-ring (bicyclic) bond motifs is 1. The molecule has 30 heavy (non-hydrogen) atoms. The Kier molecular flexibility index (Phi) is 7.02. The largest absolute Gasteiger partial charge is 0.488 e. The molecule has 0 saturated carbocycles. The summed E-state index contributed by atoms with van der Waals surface area (Å²) in [7, 11) is 0. The molecule has 4 rings (SSSR count). The molecule has 2 aliphatic heterocycles. The zero-order chi connectivity index (χ0) is 21.7. The van der Waals surface area contributed by atoms with Crippen molar-refractivity contribution in [3.63, 3.8) is 0 Å². The van der Waals surface area contributed by atoms with Crippen molar-refractivity contribution >= 4 is 5.82 Å². The Morgan fingerprint density at radius 2 is 1.90 bits per heavy atom. The van der Waals surface area contributed by atoms with Crippen LogP contribution in [0.15, 0.2) is 29.2 Å². The van der Waals surface area contributed by atoms with E-state index >= 15 is 0 Å². The maximum Gasteiger partial charge on any atom is 0.431 e. The zero-order valence-electron chi connectivity index (χ0n) is 17.2. The lowest BCUT2D eigenvalue weighted by Gasteiger charge is -2.32. The maximum absolute atomic E-state index is 12.0. The minimum Gasteiger partial charge on any atom is -0.488 e. The molecule has 6 nitrogen and oxygen atoms in total. The van der Waals surface area contributed by atoms with E-state index in [2.05, 4.69) is 33.2 Å². The van der Waals surface area contributed by atoms with Crippen molar-refractivity contribution in [2.24, 2.45) is 0 Å². The van der Waals surface area contributed by atoms with E-state index in [9.17, 15) is 18.0 Å². The summed E-state index contributed by atoms with van der Waals surface area (Å²) in [5.41, 5.74) is -0.180. The van der Waals surface area contributed by atoms with Gasteiger partial charge in [0, 0.05) is 30.1 Å². The molecule has 0 bridgehead atoms. The number of aryl methyl sites for hydroxylation is 1. The van der Waals surface area contributed by atoms with Gasteiger partial charge in [-0.2, -0.15) is 13.2 Å². The van der Waals surface area contributed by atoms with Crippen LogP contribution in [0.5, 0.6) is 5.75 Å². The highest BCUT2D eigenvalue weighted by Gasteiger charge is 2.31. The van der Waals surface area contributed by atoms with Crippen LogP contribution in [-0.2, 0) is 6.18 Å². The lowest BCUT2D eigenvalue weighted by atomic mass is 10.0. The number of aromatic nitrogens is 2. The van der Waals surface area contributed by atoms with Gasteiger partial charge in [0.15, 0.2) is 17.0 Å². The van der Waals surface area contributed by atoms with Crippen LogP contribution in [0.4, 0.5) is 19.0 Å². The summed E-state index contributed by atoms with van der Waals surface area (Å²) in [5, 5.41) is 3.26. The predicted octanol–water partition coefficient (Wildman–Crippen LogP) is 4.13. The molecule has 0 aliphatic carbocycles. The molecule has 9 heteroatoms. The number of ether oxygens (including phenoxy) is 1. The number of piperidine rings is 1. The molecule has 2 aromatic rings. The standard InChI is InChI=1S/C14H21N3O.C7H6F3NO/c1-11(17-6-3-2-4-7-17)12-9-13-14(16-10-12)15-5-8-18-13;1-4-2-5(12)3-6(11-4)7(8,9)10/h9-11H,2-8H2,1H3,(H,15,16);2-3H,1H3,(H,11,12)/t11-;/m0./s1. The van der Waals surface area contributed by atoms with Crippen LogP contribution >= 0.6 is 0 Å². The molecule has 2 aromatic heterocycles. The fourth-order valence-corrected chi connectivity index (χ4v) is 3.61. The summed E-state index contributed by atoms with van der Waals surface area (Å²) in [5.74, 6) is 1.79. The van der Waals surface area contributed by atoms with Gasteiger partial charge >= 0.3 is 6.18 Å². The number of aromatic amines is 1. The Hall–Kier alpha value is -2.55. The second-order valence-electron chi connectivity index (χ2n) is 7.57. The van der Waals surface area contributed by atoms with E-state index in [1.54, 1.807) is 0 Å². The third-order valence-electron chi connectivity index (χ3n) is 5.23. The van der Waals surface area contributed by atoms with Crippen LogP contribution in [-0.4, -0.2) is 41.1 Å². The van der Waals surface area contributed by atoms with Crippen molar-refractivity contribution < 1.29 is 17.9 Å². The van der Waals surface area contributed by atoms with Gasteiger partial charge in [0.2, 0.25) is 0 Å². The molecule has 0 unspecified atom stereocenters. The molecule has 4 heterocycles. The van der Waals surface area contributed by atoms with Crippen molar-refractivity contribution in [1.29, 1.82) is 0 Å². The molecule has 2 aliphatic rings. The Balaban J connectivity index is 0.000000187. The van der Waals surface area contributed by atoms with Crippen molar-refractivity contribution in [1.82, 2.24) is 14.9 Å². The second-order valence-corrected chi connectivity index (χ2v) is 7.57. The number of nitrogens with one attached hydrogen (secondary N) is 2. The number of alkyl halides is 3. The summed E-state index contributed by atoms with van der Waals surface area (Å²) >= 11 is 0. The molecule has 0 spiro atoms. The quantitative estimate of drug-likeness (QED) is 0.759. The van der Waals surface area contributed by atoms with Gasteiger partial charge < -0.3 is 15.0 Å². The van der Waals surface area contributed by atoms with E-state index < -0.39 is 17.3 Å². The molecule has 0 radical (unpaired) electrons. The third-order valence-corrected chi connectivity index (χ3v) is 5.23. The first-order valence-corrected chi connectivity index (χ1v) is 10.1. The fourth-order valence-electron chi connectivity index (χ4n) is 3.61. The lowest BCUT2D eigenvalue weighted by molar-refractivity contribution is -0.141. The van der Waals surface area contributed by atoms with Crippen LogP contribution < -0.4 is 15.5 Å². The fraction of sp³-hybridized carbons (Fsp3) is 0.524. The van der Waals surface area contributed by atoms with E-state index in [0.717, 1.165) is 30.8 Å². The van der Waals surface area contributed by atoms with Gasteiger partial charge in [0.05, 0.1) is 6.54 Å². The van der Waals surface area contributed by atoms with E-state index in [-0.39, 0.29) is 5.69 Å². The van der Waals surface area contributed by atoms with Gasteiger partial charge in [-0.05, 0) is 51.4 Å². The van der Waals surface area contributed by atoms with Crippen LogP contribution in [0.25, 0.3) is 0 Å². The van der Waals surface area contributed by atoms with Crippen LogP contribution in [0.1, 0.15) is 49.2 Å². The minimum atomic E-state index is -4.48. The Morgan fingerprint density at radius 3 is 2.57 bits per heavy atom. The van der Waals surface area contributed by atoms with Crippen molar-refractivity contribution in [2.45, 2.75) is 45.3 Å². The van der Waals surface area contributed by atoms with Crippen molar-refractivity contribution in [3.8, 4) is 5.75 Å². The molecule has 1 fully saturated rings. The third kappa shape index (κ3) is 5.75. The summed E-state index contributed by atoms with van der Waals surface area (Å²) in [6.07, 6.45) is 1.52. The zero-order valence-corrected chi connectivity index (χ0v) is 17.2. The predicted molar refractivity (Wildman–Crippen MR) is 109 cm³/mol. The van der Waals surface area contributed by atoms with Crippen LogP contribution in [0.3, 0.4) is 0 Å². The van der Waals surface area contributed by atoms with Crippen LogP contribution in [0, 0.1) is 6.92 Å². The molecular weight excluding hydrogens is 397 g/mol. The molecule has 2 N–H and O–H groups in total. The van der Waals surface area contributed by atoms with Gasteiger partial charge in [-0.15, -0.1) is 0 Å². The second kappa shape index (κ2) is 9.51. The van der Waals surface area contributed by atoms with Gasteiger partial charge in [-0.25, -0.2) is 4.98 Å². The smallest absolute Gasteiger partial charge is 0.431 e. The molecule has 0 amide bonds. The first-order valence-electron chi connectivity index (χ1n) is 10.1. The summed E-state index contributed by atoms with van der Waals surface area (Å²) in [6.45, 7) is 7.66. The first kappa shape index (κ1) is 22.1. The molecule has 164 valence electrons. The highest BCUT2D eigenvalue weighted by atomic mass is 19.4. The Morgan fingerprint density at radius 1 is 1.17 bits per heavy atom. The molecule has 0 aromatic carbocycles. The maximum atomic E-state index is 12.0. The van der Waals surface area contributed by atoms with Gasteiger partial charge in [-0.3, -0.25) is 9.69 Å². The number of anilines is 1. The number of pyridine rings is 2.